The fourth-order valence-electron chi connectivity index (χ4n) is 2.30. The predicted molar refractivity (Wildman–Crippen MR) is 81.9 cm³/mol. The van der Waals surface area contributed by atoms with Crippen LogP contribution < -0.4 is 0 Å². The number of aliphatic hydroxyl groups is 1. The smallest absolute Gasteiger partial charge is 0.132 e. The Morgan fingerprint density at radius 1 is 1.09 bits per heavy atom. The van der Waals surface area contributed by atoms with E-state index in [0.717, 1.165) is 5.56 Å². The molecule has 6 heteroatoms. The van der Waals surface area contributed by atoms with Gasteiger partial charge in [-0.2, -0.15) is 0 Å². The summed E-state index contributed by atoms with van der Waals surface area (Å²) in [6, 6.07) is 13.7. The second-order valence-electron chi connectivity index (χ2n) is 4.77. The molecule has 112 valence electrons. The highest BCUT2D eigenvalue weighted by Gasteiger charge is 2.18. The van der Waals surface area contributed by atoms with Crippen molar-refractivity contribution < 1.29 is 9.50 Å². The third kappa shape index (κ3) is 2.73. The van der Waals surface area contributed by atoms with Crippen molar-refractivity contribution in [3.05, 3.63) is 70.6 Å². The van der Waals surface area contributed by atoms with Gasteiger partial charge in [-0.25, -0.2) is 9.07 Å². The number of aromatic nitrogens is 3. The number of benzene rings is 2. The van der Waals surface area contributed by atoms with Gasteiger partial charge < -0.3 is 5.11 Å². The number of rotatable bonds is 4. The van der Waals surface area contributed by atoms with Gasteiger partial charge in [-0.1, -0.05) is 47.1 Å². The molecule has 0 fully saturated rings. The van der Waals surface area contributed by atoms with Crippen LogP contribution >= 0.6 is 11.6 Å². The van der Waals surface area contributed by atoms with Crippen molar-refractivity contribution in [2.24, 2.45) is 0 Å². The summed E-state index contributed by atoms with van der Waals surface area (Å²) in [7, 11) is 0. The van der Waals surface area contributed by atoms with Gasteiger partial charge in [0.05, 0.1) is 18.8 Å². The SMILES string of the molecule is OCc1nnn(Cc2ccccc2Cl)c1-c1ccccc1F. The van der Waals surface area contributed by atoms with E-state index in [-0.39, 0.29) is 12.4 Å². The van der Waals surface area contributed by atoms with E-state index in [4.69, 9.17) is 11.6 Å². The van der Waals surface area contributed by atoms with Crippen molar-refractivity contribution in [2.45, 2.75) is 13.2 Å². The van der Waals surface area contributed by atoms with Crippen LogP contribution in [0.3, 0.4) is 0 Å². The van der Waals surface area contributed by atoms with Crippen LogP contribution in [0.5, 0.6) is 0 Å². The molecule has 22 heavy (non-hydrogen) atoms. The summed E-state index contributed by atoms with van der Waals surface area (Å²) >= 11 is 6.16. The molecular weight excluding hydrogens is 305 g/mol. The molecule has 4 nitrogen and oxygen atoms in total. The van der Waals surface area contributed by atoms with E-state index >= 15 is 0 Å². The van der Waals surface area contributed by atoms with Crippen molar-refractivity contribution in [1.82, 2.24) is 15.0 Å². The summed E-state index contributed by atoms with van der Waals surface area (Å²) < 4.78 is 15.6. The molecule has 0 bridgehead atoms. The van der Waals surface area contributed by atoms with Gasteiger partial charge in [-0.15, -0.1) is 5.10 Å². The van der Waals surface area contributed by atoms with Gasteiger partial charge in [0.1, 0.15) is 11.5 Å². The normalized spacial score (nSPS) is 10.9. The average Bonchev–Trinajstić information content (AvgIpc) is 2.93. The van der Waals surface area contributed by atoms with Gasteiger partial charge in [-0.3, -0.25) is 0 Å². The highest BCUT2D eigenvalue weighted by molar-refractivity contribution is 6.31. The molecule has 0 amide bonds. The molecule has 2 aromatic carbocycles. The van der Waals surface area contributed by atoms with Gasteiger partial charge in [0.15, 0.2) is 0 Å². The molecule has 0 unspecified atom stereocenters. The number of halogens is 2. The molecule has 0 spiro atoms. The van der Waals surface area contributed by atoms with Crippen LogP contribution in [0.1, 0.15) is 11.3 Å². The minimum Gasteiger partial charge on any atom is -0.390 e. The lowest BCUT2D eigenvalue weighted by atomic mass is 10.1. The summed E-state index contributed by atoms with van der Waals surface area (Å²) in [5.74, 6) is -0.389. The monoisotopic (exact) mass is 317 g/mol. The van der Waals surface area contributed by atoms with E-state index in [1.165, 1.54) is 6.07 Å². The third-order valence-corrected chi connectivity index (χ3v) is 3.73. The van der Waals surface area contributed by atoms with Crippen LogP contribution in [0.2, 0.25) is 5.02 Å². The first-order chi connectivity index (χ1) is 10.7. The molecule has 0 aliphatic carbocycles. The fourth-order valence-corrected chi connectivity index (χ4v) is 2.50. The lowest BCUT2D eigenvalue weighted by molar-refractivity contribution is 0.277. The molecule has 0 aliphatic rings. The topological polar surface area (TPSA) is 50.9 Å². The zero-order valence-corrected chi connectivity index (χ0v) is 12.3. The van der Waals surface area contributed by atoms with E-state index in [1.54, 1.807) is 28.9 Å². The predicted octanol–water partition coefficient (Wildman–Crippen LogP) is 3.28. The van der Waals surface area contributed by atoms with Crippen LogP contribution in [0.4, 0.5) is 4.39 Å². The zero-order chi connectivity index (χ0) is 15.5. The molecule has 3 aromatic rings. The molecule has 1 N–H and O–H groups in total. The molecular formula is C16H13ClFN3O. The van der Waals surface area contributed by atoms with Crippen LogP contribution in [0, 0.1) is 5.82 Å². The number of hydrogen-bond acceptors (Lipinski definition) is 3. The Morgan fingerprint density at radius 3 is 2.55 bits per heavy atom. The molecule has 0 aliphatic heterocycles. The second-order valence-corrected chi connectivity index (χ2v) is 5.18. The van der Waals surface area contributed by atoms with E-state index in [2.05, 4.69) is 10.3 Å². The Labute approximate surface area is 131 Å². The zero-order valence-electron chi connectivity index (χ0n) is 11.6. The van der Waals surface area contributed by atoms with Crippen molar-refractivity contribution in [2.75, 3.05) is 0 Å². The first-order valence-corrected chi connectivity index (χ1v) is 7.10. The van der Waals surface area contributed by atoms with Crippen LogP contribution in [-0.4, -0.2) is 20.1 Å². The van der Waals surface area contributed by atoms with Crippen LogP contribution in [0.15, 0.2) is 48.5 Å². The summed E-state index contributed by atoms with van der Waals surface area (Å²) in [5, 5.41) is 18.0. The molecule has 3 rings (SSSR count). The van der Waals surface area contributed by atoms with E-state index in [1.807, 2.05) is 18.2 Å². The van der Waals surface area contributed by atoms with E-state index in [9.17, 15) is 9.50 Å². The minimum absolute atomic E-state index is 0.313. The average molecular weight is 318 g/mol. The first kappa shape index (κ1) is 14.7. The Morgan fingerprint density at radius 2 is 1.82 bits per heavy atom. The summed E-state index contributed by atoms with van der Waals surface area (Å²) in [6.45, 7) is 0.0303. The van der Waals surface area contributed by atoms with Gasteiger partial charge in [-0.05, 0) is 23.8 Å². The summed E-state index contributed by atoms with van der Waals surface area (Å²) in [5.41, 5.74) is 1.98. The molecule has 0 saturated carbocycles. The van der Waals surface area contributed by atoms with Crippen LogP contribution in [0.25, 0.3) is 11.3 Å². The largest absolute Gasteiger partial charge is 0.390 e. The Hall–Kier alpha value is -2.24. The number of aliphatic hydroxyl groups excluding tert-OH is 1. The number of nitrogens with zero attached hydrogens (tertiary/aromatic N) is 3. The molecule has 0 saturated heterocycles. The van der Waals surface area contributed by atoms with E-state index in [0.29, 0.717) is 28.5 Å². The highest BCUT2D eigenvalue weighted by atomic mass is 35.5. The Balaban J connectivity index is 2.09. The summed E-state index contributed by atoms with van der Waals surface area (Å²) in [6.07, 6.45) is 0. The minimum atomic E-state index is -0.389. The molecule has 1 aromatic heterocycles. The standard InChI is InChI=1S/C16H13ClFN3O/c17-13-7-3-1-5-11(13)9-21-16(15(10-22)19-20-21)12-6-2-4-8-14(12)18/h1-8,22H,9-10H2. The lowest BCUT2D eigenvalue weighted by Gasteiger charge is -2.10. The van der Waals surface area contributed by atoms with Crippen molar-refractivity contribution in [3.8, 4) is 11.3 Å². The van der Waals surface area contributed by atoms with Crippen molar-refractivity contribution >= 4 is 11.6 Å². The maximum absolute atomic E-state index is 14.1. The number of hydrogen-bond donors (Lipinski definition) is 1. The fraction of sp³-hybridized carbons (Fsp3) is 0.125. The Bertz CT molecular complexity index is 804. The Kier molecular flexibility index (Phi) is 4.18. The van der Waals surface area contributed by atoms with Gasteiger partial charge >= 0.3 is 0 Å². The molecule has 1 heterocycles. The first-order valence-electron chi connectivity index (χ1n) is 6.72. The van der Waals surface area contributed by atoms with Gasteiger partial charge in [0.2, 0.25) is 0 Å². The van der Waals surface area contributed by atoms with Gasteiger partial charge in [0, 0.05) is 10.6 Å². The summed E-state index contributed by atoms with van der Waals surface area (Å²) in [4.78, 5) is 0. The quantitative estimate of drug-likeness (QED) is 0.803. The van der Waals surface area contributed by atoms with Crippen LogP contribution in [-0.2, 0) is 13.2 Å². The van der Waals surface area contributed by atoms with Gasteiger partial charge in [0.25, 0.3) is 0 Å². The van der Waals surface area contributed by atoms with Crippen molar-refractivity contribution in [3.63, 3.8) is 0 Å². The lowest BCUT2D eigenvalue weighted by Crippen LogP contribution is -2.06. The second kappa shape index (κ2) is 6.25. The van der Waals surface area contributed by atoms with E-state index < -0.39 is 0 Å². The molecule has 0 atom stereocenters. The highest BCUT2D eigenvalue weighted by Crippen LogP contribution is 2.26. The maximum Gasteiger partial charge on any atom is 0.132 e. The maximum atomic E-state index is 14.1. The van der Waals surface area contributed by atoms with Crippen molar-refractivity contribution in [1.29, 1.82) is 0 Å². The molecule has 0 radical (unpaired) electrons. The third-order valence-electron chi connectivity index (χ3n) is 3.36.